The van der Waals surface area contributed by atoms with Crippen LogP contribution in [0.25, 0.3) is 0 Å². The predicted molar refractivity (Wildman–Crippen MR) is 125 cm³/mol. The van der Waals surface area contributed by atoms with Gasteiger partial charge in [-0.05, 0) is 42.3 Å². The van der Waals surface area contributed by atoms with Crippen molar-refractivity contribution in [2.45, 2.75) is 13.0 Å². The first kappa shape index (κ1) is 23.6. The van der Waals surface area contributed by atoms with Crippen LogP contribution in [0.4, 0.5) is 11.4 Å². The molecule has 32 heavy (non-hydrogen) atoms. The Labute approximate surface area is 189 Å². The fourth-order valence-corrected chi connectivity index (χ4v) is 3.71. The third-order valence-corrected chi connectivity index (χ3v) is 5.55. The number of benzene rings is 2. The molecule has 8 heteroatoms. The number of hydrogen-bond acceptors (Lipinski definition) is 6. The third kappa shape index (κ3) is 5.99. The highest BCUT2D eigenvalue weighted by molar-refractivity contribution is 6.39. The number of carbonyl (C=O) groups is 2. The molecule has 1 saturated heterocycles. The van der Waals surface area contributed by atoms with E-state index < -0.39 is 11.8 Å². The predicted octanol–water partition coefficient (Wildman–Crippen LogP) is 2.20. The second-order valence-corrected chi connectivity index (χ2v) is 8.02. The highest BCUT2D eigenvalue weighted by atomic mass is 16.5. The lowest BCUT2D eigenvalue weighted by atomic mass is 10.0. The minimum Gasteiger partial charge on any atom is -0.495 e. The number of aryl methyl sites for hydroxylation is 1. The number of hydrogen-bond donors (Lipinski definition) is 2. The summed E-state index contributed by atoms with van der Waals surface area (Å²) in [5.74, 6) is -0.904. The highest BCUT2D eigenvalue weighted by Gasteiger charge is 2.25. The zero-order chi connectivity index (χ0) is 23.1. The van der Waals surface area contributed by atoms with Gasteiger partial charge in [0.2, 0.25) is 0 Å². The molecule has 1 aliphatic rings. The Bertz CT molecular complexity index is 924. The first-order valence-corrected chi connectivity index (χ1v) is 10.7. The lowest BCUT2D eigenvalue weighted by Gasteiger charge is -2.35. The van der Waals surface area contributed by atoms with Crippen molar-refractivity contribution in [3.05, 3.63) is 53.6 Å². The van der Waals surface area contributed by atoms with E-state index in [4.69, 9.17) is 9.47 Å². The Balaban J connectivity index is 1.69. The maximum absolute atomic E-state index is 12.6. The average Bonchev–Trinajstić information content (AvgIpc) is 2.80. The van der Waals surface area contributed by atoms with Gasteiger partial charge in [0.15, 0.2) is 0 Å². The monoisotopic (exact) mass is 440 g/mol. The van der Waals surface area contributed by atoms with Crippen LogP contribution in [0.3, 0.4) is 0 Å². The van der Waals surface area contributed by atoms with Crippen LogP contribution in [0, 0.1) is 6.92 Å². The molecular weight excluding hydrogens is 408 g/mol. The Morgan fingerprint density at radius 3 is 2.41 bits per heavy atom. The van der Waals surface area contributed by atoms with E-state index in [-0.39, 0.29) is 6.04 Å². The van der Waals surface area contributed by atoms with Crippen LogP contribution in [0.2, 0.25) is 0 Å². The van der Waals surface area contributed by atoms with Crippen LogP contribution >= 0.6 is 0 Å². The number of methoxy groups -OCH3 is 1. The molecular formula is C24H32N4O4. The summed E-state index contributed by atoms with van der Waals surface area (Å²) in [5, 5.41) is 5.45. The Kier molecular flexibility index (Phi) is 8.08. The van der Waals surface area contributed by atoms with E-state index in [0.29, 0.717) is 31.2 Å². The second kappa shape index (κ2) is 11.0. The molecule has 3 rings (SSSR count). The molecule has 0 aliphatic carbocycles. The third-order valence-electron chi connectivity index (χ3n) is 5.55. The molecule has 0 radical (unpaired) electrons. The standard InChI is InChI=1S/C24H32N4O4/c1-17-5-10-22(31-4)20(15-17)26-24(30)23(29)25-16-21(28-11-13-32-14-12-28)18-6-8-19(9-7-18)27(2)3/h5-10,15,21H,11-14,16H2,1-4H3,(H,25,29)(H,26,30)/t21-/m1/s1. The molecule has 2 N–H and O–H groups in total. The number of morpholine rings is 1. The van der Waals surface area contributed by atoms with Gasteiger partial charge in [-0.15, -0.1) is 0 Å². The SMILES string of the molecule is COc1ccc(C)cc1NC(=O)C(=O)NC[C@H](c1ccc(N(C)C)cc1)N1CCOCC1. The zero-order valence-corrected chi connectivity index (χ0v) is 19.2. The largest absolute Gasteiger partial charge is 0.495 e. The fourth-order valence-electron chi connectivity index (χ4n) is 3.71. The normalized spacial score (nSPS) is 15.0. The topological polar surface area (TPSA) is 83.1 Å². The van der Waals surface area contributed by atoms with Crippen LogP contribution in [0.5, 0.6) is 5.75 Å². The molecule has 2 aromatic carbocycles. The molecule has 2 amide bonds. The van der Waals surface area contributed by atoms with Crippen molar-refractivity contribution < 1.29 is 19.1 Å². The molecule has 1 atom stereocenters. The van der Waals surface area contributed by atoms with Gasteiger partial charge in [0.1, 0.15) is 5.75 Å². The van der Waals surface area contributed by atoms with Gasteiger partial charge in [-0.25, -0.2) is 0 Å². The number of ether oxygens (including phenoxy) is 2. The van der Waals surface area contributed by atoms with Crippen LogP contribution in [-0.4, -0.2) is 70.8 Å². The lowest BCUT2D eigenvalue weighted by molar-refractivity contribution is -0.136. The van der Waals surface area contributed by atoms with Crippen LogP contribution in [0.15, 0.2) is 42.5 Å². The molecule has 1 heterocycles. The van der Waals surface area contributed by atoms with Gasteiger partial charge in [-0.1, -0.05) is 18.2 Å². The van der Waals surface area contributed by atoms with E-state index in [1.807, 2.05) is 32.0 Å². The summed E-state index contributed by atoms with van der Waals surface area (Å²) < 4.78 is 10.8. The summed E-state index contributed by atoms with van der Waals surface area (Å²) in [6.07, 6.45) is 0. The number of nitrogens with zero attached hydrogens (tertiary/aromatic N) is 2. The van der Waals surface area contributed by atoms with Gasteiger partial charge in [0, 0.05) is 39.4 Å². The highest BCUT2D eigenvalue weighted by Crippen LogP contribution is 2.26. The first-order chi connectivity index (χ1) is 15.4. The first-order valence-electron chi connectivity index (χ1n) is 10.7. The second-order valence-electron chi connectivity index (χ2n) is 8.02. The van der Waals surface area contributed by atoms with E-state index in [0.717, 1.165) is 29.9 Å². The van der Waals surface area contributed by atoms with Gasteiger partial charge >= 0.3 is 11.8 Å². The summed E-state index contributed by atoms with van der Waals surface area (Å²) in [5.41, 5.74) is 3.61. The molecule has 0 spiro atoms. The molecule has 1 fully saturated rings. The summed E-state index contributed by atoms with van der Waals surface area (Å²) in [7, 11) is 5.52. The van der Waals surface area contributed by atoms with E-state index in [2.05, 4.69) is 39.8 Å². The molecule has 1 aliphatic heterocycles. The van der Waals surface area contributed by atoms with Crippen molar-refractivity contribution >= 4 is 23.2 Å². The van der Waals surface area contributed by atoms with Gasteiger partial charge in [0.05, 0.1) is 32.1 Å². The zero-order valence-electron chi connectivity index (χ0n) is 19.2. The molecule has 172 valence electrons. The number of nitrogens with one attached hydrogen (secondary N) is 2. The van der Waals surface area contributed by atoms with Crippen molar-refractivity contribution in [3.8, 4) is 5.75 Å². The Morgan fingerprint density at radius 1 is 1.09 bits per heavy atom. The van der Waals surface area contributed by atoms with Gasteiger partial charge in [-0.2, -0.15) is 0 Å². The minimum atomic E-state index is -0.724. The Hall–Kier alpha value is -3.10. The fraction of sp³-hybridized carbons (Fsp3) is 0.417. The number of anilines is 2. The summed E-state index contributed by atoms with van der Waals surface area (Å²) in [4.78, 5) is 29.4. The van der Waals surface area contributed by atoms with Crippen LogP contribution < -0.4 is 20.3 Å². The summed E-state index contributed by atoms with van der Waals surface area (Å²) in [6.45, 7) is 5.05. The van der Waals surface area contributed by atoms with Crippen molar-refractivity contribution in [2.24, 2.45) is 0 Å². The van der Waals surface area contributed by atoms with Crippen LogP contribution in [0.1, 0.15) is 17.2 Å². The van der Waals surface area contributed by atoms with E-state index in [9.17, 15) is 9.59 Å². The lowest BCUT2D eigenvalue weighted by Crippen LogP contribution is -2.45. The summed E-state index contributed by atoms with van der Waals surface area (Å²) in [6, 6.07) is 13.6. The minimum absolute atomic E-state index is 0.0552. The van der Waals surface area contributed by atoms with Crippen molar-refractivity contribution in [2.75, 3.05) is 64.3 Å². The molecule has 0 saturated carbocycles. The smallest absolute Gasteiger partial charge is 0.313 e. The van der Waals surface area contributed by atoms with E-state index in [1.54, 1.807) is 12.1 Å². The maximum atomic E-state index is 12.6. The molecule has 0 aromatic heterocycles. The van der Waals surface area contributed by atoms with E-state index in [1.165, 1.54) is 7.11 Å². The van der Waals surface area contributed by atoms with Gasteiger partial charge in [-0.3, -0.25) is 14.5 Å². The average molecular weight is 441 g/mol. The molecule has 2 aromatic rings. The number of carbonyl (C=O) groups excluding carboxylic acids is 2. The summed E-state index contributed by atoms with van der Waals surface area (Å²) >= 11 is 0. The number of amides is 2. The van der Waals surface area contributed by atoms with E-state index >= 15 is 0 Å². The Morgan fingerprint density at radius 2 is 1.78 bits per heavy atom. The van der Waals surface area contributed by atoms with Crippen LogP contribution in [-0.2, 0) is 14.3 Å². The maximum Gasteiger partial charge on any atom is 0.313 e. The number of rotatable bonds is 7. The van der Waals surface area contributed by atoms with Gasteiger partial charge < -0.3 is 25.0 Å². The van der Waals surface area contributed by atoms with Crippen molar-refractivity contribution in [1.82, 2.24) is 10.2 Å². The van der Waals surface area contributed by atoms with Gasteiger partial charge in [0.25, 0.3) is 0 Å². The van der Waals surface area contributed by atoms with Crippen molar-refractivity contribution in [3.63, 3.8) is 0 Å². The molecule has 0 bridgehead atoms. The van der Waals surface area contributed by atoms with Crippen molar-refractivity contribution in [1.29, 1.82) is 0 Å². The quantitative estimate of drug-likeness (QED) is 0.643. The molecule has 8 nitrogen and oxygen atoms in total. The molecule has 0 unspecified atom stereocenters.